The van der Waals surface area contributed by atoms with Crippen molar-refractivity contribution in [1.82, 2.24) is 0 Å². The largest absolute Gasteiger partial charge is 0.491 e. The van der Waals surface area contributed by atoms with E-state index in [1.165, 1.54) is 6.07 Å². The zero-order valence-corrected chi connectivity index (χ0v) is 12.0. The van der Waals surface area contributed by atoms with Gasteiger partial charge in [-0.05, 0) is 43.2 Å². The van der Waals surface area contributed by atoms with Gasteiger partial charge >= 0.3 is 5.63 Å². The number of fused-ring (bicyclic) bond motifs is 1. The summed E-state index contributed by atoms with van der Waals surface area (Å²) in [6.45, 7) is 3.98. The summed E-state index contributed by atoms with van der Waals surface area (Å²) in [5, 5.41) is 0.926. The molecular formula is C18H16O3. The van der Waals surface area contributed by atoms with Crippen molar-refractivity contribution >= 4 is 11.0 Å². The van der Waals surface area contributed by atoms with E-state index in [0.29, 0.717) is 5.58 Å². The maximum absolute atomic E-state index is 11.7. The molecule has 1 aromatic heterocycles. The van der Waals surface area contributed by atoms with Crippen molar-refractivity contribution in [3.8, 4) is 16.9 Å². The van der Waals surface area contributed by atoms with E-state index in [9.17, 15) is 4.79 Å². The summed E-state index contributed by atoms with van der Waals surface area (Å²) in [6, 6.07) is 16.8. The lowest BCUT2D eigenvalue weighted by Crippen LogP contribution is -2.05. The van der Waals surface area contributed by atoms with Crippen LogP contribution in [-0.4, -0.2) is 6.10 Å². The van der Waals surface area contributed by atoms with Gasteiger partial charge in [0.1, 0.15) is 11.3 Å². The van der Waals surface area contributed by atoms with Crippen molar-refractivity contribution < 1.29 is 9.15 Å². The third kappa shape index (κ3) is 2.82. The topological polar surface area (TPSA) is 39.4 Å². The van der Waals surface area contributed by atoms with Gasteiger partial charge in [0.15, 0.2) is 0 Å². The minimum atomic E-state index is -0.341. The quantitative estimate of drug-likeness (QED) is 0.673. The Kier molecular flexibility index (Phi) is 3.48. The average Bonchev–Trinajstić information content (AvgIpc) is 2.46. The first-order chi connectivity index (χ1) is 10.1. The fraction of sp³-hybridized carbons (Fsp3) is 0.167. The lowest BCUT2D eigenvalue weighted by molar-refractivity contribution is 0.242. The lowest BCUT2D eigenvalue weighted by atomic mass is 10.0. The first-order valence-electron chi connectivity index (χ1n) is 6.93. The minimum Gasteiger partial charge on any atom is -0.491 e. The van der Waals surface area contributed by atoms with Crippen LogP contribution >= 0.6 is 0 Å². The van der Waals surface area contributed by atoms with Gasteiger partial charge in [-0.3, -0.25) is 0 Å². The van der Waals surface area contributed by atoms with Gasteiger partial charge < -0.3 is 9.15 Å². The molecule has 0 saturated heterocycles. The van der Waals surface area contributed by atoms with Gasteiger partial charge in [-0.15, -0.1) is 0 Å². The molecule has 0 saturated carbocycles. The third-order valence-electron chi connectivity index (χ3n) is 3.19. The molecule has 0 spiro atoms. The van der Waals surface area contributed by atoms with Gasteiger partial charge in [0.25, 0.3) is 0 Å². The molecule has 106 valence electrons. The van der Waals surface area contributed by atoms with Crippen molar-refractivity contribution in [2.24, 2.45) is 0 Å². The van der Waals surface area contributed by atoms with Crippen LogP contribution < -0.4 is 10.4 Å². The van der Waals surface area contributed by atoms with Gasteiger partial charge in [-0.1, -0.05) is 30.3 Å². The maximum Gasteiger partial charge on any atom is 0.336 e. The highest BCUT2D eigenvalue weighted by molar-refractivity contribution is 5.93. The molecule has 0 N–H and O–H groups in total. The normalized spacial score (nSPS) is 11.0. The molecule has 1 heterocycles. The van der Waals surface area contributed by atoms with Gasteiger partial charge in [-0.2, -0.15) is 0 Å². The van der Waals surface area contributed by atoms with Crippen LogP contribution in [0.1, 0.15) is 13.8 Å². The molecule has 0 unspecified atom stereocenters. The number of rotatable bonds is 3. The van der Waals surface area contributed by atoms with E-state index >= 15 is 0 Å². The van der Waals surface area contributed by atoms with Gasteiger partial charge in [0, 0.05) is 11.5 Å². The van der Waals surface area contributed by atoms with Gasteiger partial charge in [0.2, 0.25) is 0 Å². The second-order valence-corrected chi connectivity index (χ2v) is 5.17. The van der Waals surface area contributed by atoms with Crippen LogP contribution in [0.3, 0.4) is 0 Å². The van der Waals surface area contributed by atoms with E-state index in [1.807, 2.05) is 56.3 Å². The lowest BCUT2D eigenvalue weighted by Gasteiger charge is -2.10. The summed E-state index contributed by atoms with van der Waals surface area (Å²) in [4.78, 5) is 11.7. The van der Waals surface area contributed by atoms with Crippen molar-refractivity contribution in [1.29, 1.82) is 0 Å². The SMILES string of the molecule is CC(C)Oc1ccc(-c2cc(=O)oc3ccccc23)cc1. The molecule has 0 radical (unpaired) electrons. The van der Waals surface area contributed by atoms with Gasteiger partial charge in [0.05, 0.1) is 6.10 Å². The van der Waals surface area contributed by atoms with E-state index in [2.05, 4.69) is 0 Å². The van der Waals surface area contributed by atoms with Crippen LogP contribution in [-0.2, 0) is 0 Å². The molecule has 3 rings (SSSR count). The minimum absolute atomic E-state index is 0.139. The fourth-order valence-corrected chi connectivity index (χ4v) is 2.34. The predicted molar refractivity (Wildman–Crippen MR) is 83.7 cm³/mol. The fourth-order valence-electron chi connectivity index (χ4n) is 2.34. The van der Waals surface area contributed by atoms with Crippen LogP contribution in [0, 0.1) is 0 Å². The molecule has 0 aliphatic rings. The monoisotopic (exact) mass is 280 g/mol. The molecule has 0 fully saturated rings. The summed E-state index contributed by atoms with van der Waals surface area (Å²) in [6.07, 6.45) is 0.139. The van der Waals surface area contributed by atoms with E-state index in [4.69, 9.17) is 9.15 Å². The Bertz CT molecular complexity index is 814. The Morgan fingerprint density at radius 2 is 1.71 bits per heavy atom. The summed E-state index contributed by atoms with van der Waals surface area (Å²) < 4.78 is 10.9. The van der Waals surface area contributed by atoms with Crippen LogP contribution in [0.15, 0.2) is 63.8 Å². The third-order valence-corrected chi connectivity index (χ3v) is 3.19. The molecule has 3 heteroatoms. The zero-order chi connectivity index (χ0) is 14.8. The highest BCUT2D eigenvalue weighted by Gasteiger charge is 2.07. The molecular weight excluding hydrogens is 264 g/mol. The highest BCUT2D eigenvalue weighted by atomic mass is 16.5. The molecule has 0 amide bonds. The zero-order valence-electron chi connectivity index (χ0n) is 12.0. The second-order valence-electron chi connectivity index (χ2n) is 5.17. The highest BCUT2D eigenvalue weighted by Crippen LogP contribution is 2.28. The molecule has 3 aromatic rings. The van der Waals surface area contributed by atoms with E-state index in [0.717, 1.165) is 22.3 Å². The molecule has 0 bridgehead atoms. The standard InChI is InChI=1S/C18H16O3/c1-12(2)20-14-9-7-13(8-10-14)16-11-18(19)21-17-6-4-3-5-15(16)17/h3-12H,1-2H3. The van der Waals surface area contributed by atoms with Crippen LogP contribution in [0.5, 0.6) is 5.75 Å². The van der Waals surface area contributed by atoms with Crippen molar-refractivity contribution in [2.75, 3.05) is 0 Å². The Balaban J connectivity index is 2.10. The summed E-state index contributed by atoms with van der Waals surface area (Å²) in [7, 11) is 0. The van der Waals surface area contributed by atoms with Crippen LogP contribution in [0.4, 0.5) is 0 Å². The number of benzene rings is 2. The van der Waals surface area contributed by atoms with Crippen molar-refractivity contribution in [3.63, 3.8) is 0 Å². The first kappa shape index (κ1) is 13.4. The molecule has 0 aliphatic carbocycles. The van der Waals surface area contributed by atoms with E-state index in [-0.39, 0.29) is 11.7 Å². The molecule has 21 heavy (non-hydrogen) atoms. The Labute approximate surface area is 122 Å². The summed E-state index contributed by atoms with van der Waals surface area (Å²) in [5.41, 5.74) is 2.10. The Morgan fingerprint density at radius 1 is 1.00 bits per heavy atom. The second kappa shape index (κ2) is 5.44. The number of hydrogen-bond acceptors (Lipinski definition) is 3. The van der Waals surface area contributed by atoms with Crippen molar-refractivity contribution in [3.05, 3.63) is 65.0 Å². The van der Waals surface area contributed by atoms with Crippen molar-refractivity contribution in [2.45, 2.75) is 20.0 Å². The Hall–Kier alpha value is -2.55. The molecule has 0 aliphatic heterocycles. The molecule has 3 nitrogen and oxygen atoms in total. The predicted octanol–water partition coefficient (Wildman–Crippen LogP) is 4.25. The Morgan fingerprint density at radius 3 is 2.43 bits per heavy atom. The van der Waals surface area contributed by atoms with Crippen LogP contribution in [0.25, 0.3) is 22.1 Å². The number of hydrogen-bond donors (Lipinski definition) is 0. The molecule has 0 atom stereocenters. The van der Waals surface area contributed by atoms with E-state index in [1.54, 1.807) is 6.07 Å². The van der Waals surface area contributed by atoms with Gasteiger partial charge in [-0.25, -0.2) is 4.79 Å². The number of ether oxygens (including phenoxy) is 1. The maximum atomic E-state index is 11.7. The summed E-state index contributed by atoms with van der Waals surface area (Å²) in [5.74, 6) is 0.820. The smallest absolute Gasteiger partial charge is 0.336 e. The molecule has 2 aromatic carbocycles. The summed E-state index contributed by atoms with van der Waals surface area (Å²) >= 11 is 0. The number of para-hydroxylation sites is 1. The van der Waals surface area contributed by atoms with E-state index < -0.39 is 0 Å². The van der Waals surface area contributed by atoms with Crippen LogP contribution in [0.2, 0.25) is 0 Å². The average molecular weight is 280 g/mol. The first-order valence-corrected chi connectivity index (χ1v) is 6.93.